The third-order valence-corrected chi connectivity index (χ3v) is 2.48. The lowest BCUT2D eigenvalue weighted by Crippen LogP contribution is -2.40. The van der Waals surface area contributed by atoms with Crippen molar-refractivity contribution in [3.05, 3.63) is 0 Å². The predicted molar refractivity (Wildman–Crippen MR) is 59.7 cm³/mol. The van der Waals surface area contributed by atoms with Gasteiger partial charge in [0.1, 0.15) is 5.84 Å². The molecule has 0 fully saturated rings. The van der Waals surface area contributed by atoms with E-state index in [1.54, 1.807) is 0 Å². The van der Waals surface area contributed by atoms with Crippen molar-refractivity contribution in [2.24, 2.45) is 16.8 Å². The fraction of sp³-hybridized carbons (Fsp3) is 0.800. The van der Waals surface area contributed by atoms with E-state index < -0.39 is 0 Å². The Morgan fingerprint density at radius 1 is 1.47 bits per heavy atom. The first kappa shape index (κ1) is 13.7. The molecule has 0 saturated heterocycles. The maximum Gasteiger partial charge on any atom is 0.223 e. The lowest BCUT2D eigenvalue weighted by Gasteiger charge is -2.18. The highest BCUT2D eigenvalue weighted by molar-refractivity contribution is 5.82. The summed E-state index contributed by atoms with van der Waals surface area (Å²) in [6.07, 6.45) is 1.96. The standard InChI is InChI=1S/C10H21N3O2/c1-4-7(3)10(14)12-8(5-2)6-9(11)13-15/h7-8,15H,4-6H2,1-3H3,(H2,11,13)(H,12,14). The summed E-state index contributed by atoms with van der Waals surface area (Å²) in [5.41, 5.74) is 5.38. The quantitative estimate of drug-likeness (QED) is 0.268. The highest BCUT2D eigenvalue weighted by Crippen LogP contribution is 2.04. The first-order valence-corrected chi connectivity index (χ1v) is 5.31. The van der Waals surface area contributed by atoms with Crippen LogP contribution in [0, 0.1) is 5.92 Å². The Morgan fingerprint density at radius 3 is 2.47 bits per heavy atom. The van der Waals surface area contributed by atoms with Crippen LogP contribution in [0.3, 0.4) is 0 Å². The number of amidine groups is 1. The van der Waals surface area contributed by atoms with Crippen LogP contribution in [0.25, 0.3) is 0 Å². The molecule has 0 rings (SSSR count). The highest BCUT2D eigenvalue weighted by atomic mass is 16.4. The average Bonchev–Trinajstić information content (AvgIpc) is 2.26. The van der Waals surface area contributed by atoms with Crippen LogP contribution in [-0.2, 0) is 4.79 Å². The van der Waals surface area contributed by atoms with E-state index >= 15 is 0 Å². The van der Waals surface area contributed by atoms with Crippen LogP contribution in [0.2, 0.25) is 0 Å². The maximum absolute atomic E-state index is 11.6. The van der Waals surface area contributed by atoms with E-state index in [1.807, 2.05) is 20.8 Å². The molecule has 0 aliphatic rings. The Bertz CT molecular complexity index is 229. The van der Waals surface area contributed by atoms with Crippen LogP contribution >= 0.6 is 0 Å². The molecule has 4 N–H and O–H groups in total. The number of oxime groups is 1. The van der Waals surface area contributed by atoms with Crippen LogP contribution in [0.1, 0.15) is 40.0 Å². The third-order valence-electron chi connectivity index (χ3n) is 2.48. The molecule has 0 aromatic rings. The summed E-state index contributed by atoms with van der Waals surface area (Å²) >= 11 is 0. The van der Waals surface area contributed by atoms with Gasteiger partial charge in [0, 0.05) is 18.4 Å². The second-order valence-corrected chi connectivity index (χ2v) is 3.72. The average molecular weight is 215 g/mol. The smallest absolute Gasteiger partial charge is 0.223 e. The minimum Gasteiger partial charge on any atom is -0.409 e. The molecular formula is C10H21N3O2. The SMILES string of the molecule is CCC(CC(N)=NO)NC(=O)C(C)CC. The van der Waals surface area contributed by atoms with Crippen molar-refractivity contribution in [1.29, 1.82) is 0 Å². The molecule has 0 aromatic heterocycles. The van der Waals surface area contributed by atoms with Gasteiger partial charge in [-0.2, -0.15) is 0 Å². The lowest BCUT2D eigenvalue weighted by molar-refractivity contribution is -0.125. The number of rotatable bonds is 6. The van der Waals surface area contributed by atoms with E-state index in [1.165, 1.54) is 0 Å². The number of hydrogen-bond acceptors (Lipinski definition) is 3. The summed E-state index contributed by atoms with van der Waals surface area (Å²) in [6, 6.07) is -0.0533. The number of amides is 1. The summed E-state index contributed by atoms with van der Waals surface area (Å²) in [7, 11) is 0. The number of nitrogens with one attached hydrogen (secondary N) is 1. The zero-order valence-electron chi connectivity index (χ0n) is 9.66. The molecule has 0 aromatic carbocycles. The second-order valence-electron chi connectivity index (χ2n) is 3.72. The van der Waals surface area contributed by atoms with Crippen molar-refractivity contribution in [1.82, 2.24) is 5.32 Å². The van der Waals surface area contributed by atoms with Crippen LogP contribution in [0.4, 0.5) is 0 Å². The molecule has 2 atom stereocenters. The Kier molecular flexibility index (Phi) is 6.49. The minimum absolute atomic E-state index is 0.00587. The second kappa shape index (κ2) is 7.09. The van der Waals surface area contributed by atoms with Crippen LogP contribution in [-0.4, -0.2) is 23.0 Å². The molecule has 0 bridgehead atoms. The number of nitrogens with zero attached hydrogens (tertiary/aromatic N) is 1. The molecule has 5 nitrogen and oxygen atoms in total. The molecule has 0 radical (unpaired) electrons. The zero-order chi connectivity index (χ0) is 11.8. The first-order valence-electron chi connectivity index (χ1n) is 5.31. The summed E-state index contributed by atoms with van der Waals surface area (Å²) in [4.78, 5) is 11.6. The lowest BCUT2D eigenvalue weighted by atomic mass is 10.1. The van der Waals surface area contributed by atoms with E-state index in [2.05, 4.69) is 10.5 Å². The van der Waals surface area contributed by atoms with Gasteiger partial charge in [0.05, 0.1) is 0 Å². The molecule has 2 unspecified atom stereocenters. The molecule has 0 saturated carbocycles. The molecule has 0 spiro atoms. The van der Waals surface area contributed by atoms with E-state index in [0.29, 0.717) is 6.42 Å². The van der Waals surface area contributed by atoms with Crippen molar-refractivity contribution in [2.45, 2.75) is 46.1 Å². The van der Waals surface area contributed by atoms with Gasteiger partial charge in [-0.25, -0.2) is 0 Å². The van der Waals surface area contributed by atoms with Crippen molar-refractivity contribution in [2.75, 3.05) is 0 Å². The molecule has 15 heavy (non-hydrogen) atoms. The molecule has 5 heteroatoms. The van der Waals surface area contributed by atoms with Gasteiger partial charge in [-0.3, -0.25) is 4.79 Å². The summed E-state index contributed by atoms with van der Waals surface area (Å²) in [6.45, 7) is 5.80. The normalized spacial score (nSPS) is 15.8. The molecular weight excluding hydrogens is 194 g/mol. The molecule has 0 aliphatic carbocycles. The number of carbonyl (C=O) groups excluding carboxylic acids is 1. The van der Waals surface area contributed by atoms with Gasteiger partial charge in [-0.05, 0) is 12.8 Å². The largest absolute Gasteiger partial charge is 0.409 e. The van der Waals surface area contributed by atoms with Crippen LogP contribution in [0.15, 0.2) is 5.16 Å². The fourth-order valence-corrected chi connectivity index (χ4v) is 1.12. The summed E-state index contributed by atoms with van der Waals surface area (Å²) in [5.74, 6) is 0.174. The molecule has 0 aliphatic heterocycles. The topological polar surface area (TPSA) is 87.7 Å². The van der Waals surface area contributed by atoms with E-state index in [0.717, 1.165) is 12.8 Å². The molecule has 1 amide bonds. The van der Waals surface area contributed by atoms with Gasteiger partial charge < -0.3 is 16.3 Å². The van der Waals surface area contributed by atoms with Crippen molar-refractivity contribution < 1.29 is 10.0 Å². The van der Waals surface area contributed by atoms with E-state index in [9.17, 15) is 4.79 Å². The Morgan fingerprint density at radius 2 is 2.07 bits per heavy atom. The first-order chi connectivity index (χ1) is 7.04. The van der Waals surface area contributed by atoms with Crippen LogP contribution < -0.4 is 11.1 Å². The minimum atomic E-state index is -0.0533. The van der Waals surface area contributed by atoms with Gasteiger partial charge in [-0.15, -0.1) is 0 Å². The van der Waals surface area contributed by atoms with Crippen molar-refractivity contribution in [3.63, 3.8) is 0 Å². The predicted octanol–water partition coefficient (Wildman–Crippen LogP) is 1.06. The Balaban J connectivity index is 4.15. The number of carbonyl (C=O) groups is 1. The van der Waals surface area contributed by atoms with E-state index in [4.69, 9.17) is 10.9 Å². The van der Waals surface area contributed by atoms with Gasteiger partial charge in [0.2, 0.25) is 5.91 Å². The molecule has 88 valence electrons. The van der Waals surface area contributed by atoms with Gasteiger partial charge in [-0.1, -0.05) is 25.9 Å². The fourth-order valence-electron chi connectivity index (χ4n) is 1.12. The number of nitrogens with two attached hydrogens (primary N) is 1. The van der Waals surface area contributed by atoms with E-state index in [-0.39, 0.29) is 23.7 Å². The third kappa shape index (κ3) is 5.24. The van der Waals surface area contributed by atoms with Gasteiger partial charge in [0.15, 0.2) is 0 Å². The van der Waals surface area contributed by atoms with Crippen molar-refractivity contribution in [3.8, 4) is 0 Å². The molecule has 0 heterocycles. The monoisotopic (exact) mass is 215 g/mol. The zero-order valence-corrected chi connectivity index (χ0v) is 9.66. The van der Waals surface area contributed by atoms with Gasteiger partial charge >= 0.3 is 0 Å². The highest BCUT2D eigenvalue weighted by Gasteiger charge is 2.16. The van der Waals surface area contributed by atoms with Crippen molar-refractivity contribution >= 4 is 11.7 Å². The maximum atomic E-state index is 11.6. The van der Waals surface area contributed by atoms with Crippen LogP contribution in [0.5, 0.6) is 0 Å². The summed E-state index contributed by atoms with van der Waals surface area (Å²) < 4.78 is 0. The van der Waals surface area contributed by atoms with Gasteiger partial charge in [0.25, 0.3) is 0 Å². The Hall–Kier alpha value is -1.26. The summed E-state index contributed by atoms with van der Waals surface area (Å²) in [5, 5.41) is 14.2. The number of hydrogen-bond donors (Lipinski definition) is 3. The Labute approximate surface area is 90.7 Å².